The van der Waals surface area contributed by atoms with Gasteiger partial charge in [0.05, 0.1) is 5.69 Å². The molecule has 1 N–H and O–H groups in total. The number of aryl methyl sites for hydroxylation is 1. The van der Waals surface area contributed by atoms with Crippen molar-refractivity contribution in [1.29, 1.82) is 0 Å². The van der Waals surface area contributed by atoms with E-state index < -0.39 is 0 Å². The van der Waals surface area contributed by atoms with Crippen LogP contribution in [0.1, 0.15) is 48.5 Å². The zero-order valence-electron chi connectivity index (χ0n) is 11.7. The molecule has 106 valence electrons. The molecule has 0 spiro atoms. The first-order valence-electron chi connectivity index (χ1n) is 7.05. The van der Waals surface area contributed by atoms with Gasteiger partial charge in [-0.05, 0) is 44.3 Å². The van der Waals surface area contributed by atoms with Crippen molar-refractivity contribution < 1.29 is 4.79 Å². The summed E-state index contributed by atoms with van der Waals surface area (Å²) in [7, 11) is 0. The van der Waals surface area contributed by atoms with E-state index in [9.17, 15) is 4.79 Å². The van der Waals surface area contributed by atoms with Gasteiger partial charge in [0.2, 0.25) is 0 Å². The highest BCUT2D eigenvalue weighted by atomic mass is 32.1. The standard InChI is InChI=1S/C13H22N4OS/c1-3-11-12(19-16-15-11)13(18)14-7-9-17-8-5-4-6-10(17)2/h10H,3-9H2,1-2H3,(H,14,18). The van der Waals surface area contributed by atoms with Crippen LogP contribution in [-0.2, 0) is 6.42 Å². The minimum Gasteiger partial charge on any atom is -0.350 e. The van der Waals surface area contributed by atoms with E-state index in [-0.39, 0.29) is 5.91 Å². The van der Waals surface area contributed by atoms with E-state index in [1.807, 2.05) is 6.92 Å². The van der Waals surface area contributed by atoms with Gasteiger partial charge in [0.1, 0.15) is 4.88 Å². The first kappa shape index (κ1) is 14.4. The molecule has 6 heteroatoms. The number of carbonyl (C=O) groups excluding carboxylic acids is 1. The Morgan fingerprint density at radius 1 is 1.53 bits per heavy atom. The summed E-state index contributed by atoms with van der Waals surface area (Å²) in [6, 6.07) is 0.641. The van der Waals surface area contributed by atoms with Gasteiger partial charge in [-0.2, -0.15) is 0 Å². The Morgan fingerprint density at radius 3 is 3.11 bits per heavy atom. The Kier molecular flexibility index (Phi) is 5.27. The molecule has 1 saturated heterocycles. The first-order valence-corrected chi connectivity index (χ1v) is 7.83. The molecular formula is C13H22N4OS. The van der Waals surface area contributed by atoms with Gasteiger partial charge in [-0.25, -0.2) is 0 Å². The summed E-state index contributed by atoms with van der Waals surface area (Å²) in [5, 5.41) is 6.94. The van der Waals surface area contributed by atoms with Crippen molar-refractivity contribution in [2.45, 2.75) is 45.6 Å². The third-order valence-electron chi connectivity index (χ3n) is 3.72. The zero-order valence-corrected chi connectivity index (χ0v) is 12.5. The highest BCUT2D eigenvalue weighted by Crippen LogP contribution is 2.15. The Hall–Kier alpha value is -1.01. The maximum Gasteiger partial charge on any atom is 0.264 e. The summed E-state index contributed by atoms with van der Waals surface area (Å²) in [4.78, 5) is 15.1. The molecule has 1 aromatic heterocycles. The predicted molar refractivity (Wildman–Crippen MR) is 76.5 cm³/mol. The zero-order chi connectivity index (χ0) is 13.7. The molecule has 0 aliphatic carbocycles. The summed E-state index contributed by atoms with van der Waals surface area (Å²) in [6.07, 6.45) is 4.63. The van der Waals surface area contributed by atoms with Crippen molar-refractivity contribution in [3.8, 4) is 0 Å². The quantitative estimate of drug-likeness (QED) is 0.893. The van der Waals surface area contributed by atoms with Gasteiger partial charge in [0.15, 0.2) is 0 Å². The number of aromatic nitrogens is 2. The van der Waals surface area contributed by atoms with Crippen LogP contribution in [0.25, 0.3) is 0 Å². The van der Waals surface area contributed by atoms with Crippen molar-refractivity contribution >= 4 is 17.4 Å². The molecule has 2 rings (SSSR count). The molecule has 1 aliphatic heterocycles. The number of amides is 1. The van der Waals surface area contributed by atoms with E-state index in [2.05, 4.69) is 26.7 Å². The van der Waals surface area contributed by atoms with Gasteiger partial charge in [-0.15, -0.1) is 5.10 Å². The first-order chi connectivity index (χ1) is 9.22. The van der Waals surface area contributed by atoms with E-state index in [1.54, 1.807) is 0 Å². The van der Waals surface area contributed by atoms with Crippen molar-refractivity contribution in [2.24, 2.45) is 0 Å². The van der Waals surface area contributed by atoms with Crippen LogP contribution in [0.4, 0.5) is 0 Å². The lowest BCUT2D eigenvalue weighted by molar-refractivity contribution is 0.0941. The van der Waals surface area contributed by atoms with Gasteiger partial charge in [0, 0.05) is 19.1 Å². The third-order valence-corrected chi connectivity index (χ3v) is 4.49. The summed E-state index contributed by atoms with van der Waals surface area (Å²) >= 11 is 1.18. The fraction of sp³-hybridized carbons (Fsp3) is 0.769. The average Bonchev–Trinajstić information content (AvgIpc) is 2.89. The second kappa shape index (κ2) is 6.96. The topological polar surface area (TPSA) is 58.1 Å². The largest absolute Gasteiger partial charge is 0.350 e. The average molecular weight is 282 g/mol. The number of carbonyl (C=O) groups is 1. The molecule has 1 amide bonds. The minimum absolute atomic E-state index is 0.0310. The molecule has 1 aliphatic rings. The number of nitrogens with zero attached hydrogens (tertiary/aromatic N) is 3. The summed E-state index contributed by atoms with van der Waals surface area (Å²) in [5.41, 5.74) is 0.800. The van der Waals surface area contributed by atoms with E-state index in [4.69, 9.17) is 0 Å². The van der Waals surface area contributed by atoms with Crippen molar-refractivity contribution in [3.63, 3.8) is 0 Å². The number of likely N-dealkylation sites (tertiary alicyclic amines) is 1. The van der Waals surface area contributed by atoms with Gasteiger partial charge in [-0.1, -0.05) is 17.8 Å². The van der Waals surface area contributed by atoms with E-state index >= 15 is 0 Å². The van der Waals surface area contributed by atoms with Crippen molar-refractivity contribution in [2.75, 3.05) is 19.6 Å². The van der Waals surface area contributed by atoms with E-state index in [0.29, 0.717) is 17.5 Å². The normalized spacial score (nSPS) is 20.4. The van der Waals surface area contributed by atoms with Crippen molar-refractivity contribution in [3.05, 3.63) is 10.6 Å². The fourth-order valence-corrected chi connectivity index (χ4v) is 3.16. The Morgan fingerprint density at radius 2 is 2.37 bits per heavy atom. The van der Waals surface area contributed by atoms with Gasteiger partial charge in [0.25, 0.3) is 5.91 Å². The number of nitrogens with one attached hydrogen (secondary N) is 1. The summed E-state index contributed by atoms with van der Waals surface area (Å²) in [5.74, 6) is -0.0310. The molecule has 1 fully saturated rings. The lowest BCUT2D eigenvalue weighted by atomic mass is 10.0. The molecule has 0 bridgehead atoms. The van der Waals surface area contributed by atoms with Crippen LogP contribution in [0.15, 0.2) is 0 Å². The fourth-order valence-electron chi connectivity index (χ4n) is 2.50. The maximum absolute atomic E-state index is 12.0. The van der Waals surface area contributed by atoms with Crippen LogP contribution in [0.5, 0.6) is 0 Å². The van der Waals surface area contributed by atoms with Crippen LogP contribution in [0.3, 0.4) is 0 Å². The molecule has 0 aromatic carbocycles. The predicted octanol–water partition coefficient (Wildman–Crippen LogP) is 1.70. The number of piperidine rings is 1. The van der Waals surface area contributed by atoms with Crippen LogP contribution in [0, 0.1) is 0 Å². The SMILES string of the molecule is CCc1nnsc1C(=O)NCCN1CCCCC1C. The van der Waals surface area contributed by atoms with E-state index in [1.165, 1.54) is 30.8 Å². The molecule has 0 saturated carbocycles. The van der Waals surface area contributed by atoms with Crippen LogP contribution < -0.4 is 5.32 Å². The van der Waals surface area contributed by atoms with Crippen molar-refractivity contribution in [1.82, 2.24) is 19.8 Å². The lowest BCUT2D eigenvalue weighted by Gasteiger charge is -2.33. The van der Waals surface area contributed by atoms with Crippen LogP contribution >= 0.6 is 11.5 Å². The third kappa shape index (κ3) is 3.73. The summed E-state index contributed by atoms with van der Waals surface area (Å²) in [6.45, 7) is 7.04. The van der Waals surface area contributed by atoms with Crippen LogP contribution in [0.2, 0.25) is 0 Å². The second-order valence-corrected chi connectivity index (χ2v) is 5.79. The molecule has 19 heavy (non-hydrogen) atoms. The lowest BCUT2D eigenvalue weighted by Crippen LogP contribution is -2.42. The highest BCUT2D eigenvalue weighted by molar-refractivity contribution is 7.08. The van der Waals surface area contributed by atoms with Crippen LogP contribution in [-0.4, -0.2) is 46.1 Å². The summed E-state index contributed by atoms with van der Waals surface area (Å²) < 4.78 is 3.84. The monoisotopic (exact) mass is 282 g/mol. The molecule has 2 heterocycles. The number of hydrogen-bond donors (Lipinski definition) is 1. The van der Waals surface area contributed by atoms with E-state index in [0.717, 1.165) is 25.2 Å². The van der Waals surface area contributed by atoms with Gasteiger partial charge >= 0.3 is 0 Å². The highest BCUT2D eigenvalue weighted by Gasteiger charge is 2.19. The second-order valence-electron chi connectivity index (χ2n) is 5.04. The maximum atomic E-state index is 12.0. The molecular weight excluding hydrogens is 260 g/mol. The van der Waals surface area contributed by atoms with Gasteiger partial charge < -0.3 is 5.32 Å². The number of hydrogen-bond acceptors (Lipinski definition) is 5. The molecule has 1 unspecified atom stereocenters. The Balaban J connectivity index is 1.77. The Labute approximate surface area is 118 Å². The molecule has 0 radical (unpaired) electrons. The number of rotatable bonds is 5. The molecule has 5 nitrogen and oxygen atoms in total. The van der Waals surface area contributed by atoms with Gasteiger partial charge in [-0.3, -0.25) is 9.69 Å². The smallest absolute Gasteiger partial charge is 0.264 e. The minimum atomic E-state index is -0.0310. The molecule has 1 atom stereocenters. The molecule has 1 aromatic rings. The Bertz CT molecular complexity index is 421.